The standard InChI is InChI=1S/C25H18N4O3/c30-23(31)22-28-21(29-32-22)20-16-26-24(27-20)25(17-10-4-1-5-11-17,18-12-6-2-7-13-18)19-14-8-3-9-15-19/h1-16H,(H,26,27)(H,30,31). The van der Waals surface area contributed by atoms with E-state index in [4.69, 9.17) is 14.6 Å². The fourth-order valence-electron chi connectivity index (χ4n) is 4.02. The Bertz CT molecular complexity index is 1250. The van der Waals surface area contributed by atoms with E-state index in [0.29, 0.717) is 11.5 Å². The van der Waals surface area contributed by atoms with Gasteiger partial charge in [0.15, 0.2) is 0 Å². The van der Waals surface area contributed by atoms with Crippen LogP contribution in [-0.2, 0) is 5.41 Å². The van der Waals surface area contributed by atoms with Crippen LogP contribution in [0.1, 0.15) is 33.2 Å². The van der Waals surface area contributed by atoms with Crippen molar-refractivity contribution in [1.29, 1.82) is 0 Å². The molecule has 5 aromatic rings. The Morgan fingerprint density at radius 2 is 1.31 bits per heavy atom. The molecule has 0 atom stereocenters. The highest BCUT2D eigenvalue weighted by molar-refractivity contribution is 5.82. The Labute approximate surface area is 183 Å². The SMILES string of the molecule is O=C(O)c1nc(-c2cnc(C(c3ccccc3)(c3ccccc3)c3ccccc3)[nH]2)no1. The van der Waals surface area contributed by atoms with E-state index in [1.54, 1.807) is 6.20 Å². The van der Waals surface area contributed by atoms with Gasteiger partial charge >= 0.3 is 11.9 Å². The zero-order chi connectivity index (χ0) is 22.0. The summed E-state index contributed by atoms with van der Waals surface area (Å²) in [5.74, 6) is -0.978. The number of aromatic nitrogens is 4. The molecule has 2 heterocycles. The van der Waals surface area contributed by atoms with E-state index < -0.39 is 17.3 Å². The maximum absolute atomic E-state index is 11.1. The Kier molecular flexibility index (Phi) is 4.84. The van der Waals surface area contributed by atoms with E-state index in [-0.39, 0.29) is 5.82 Å². The first-order valence-corrected chi connectivity index (χ1v) is 9.99. The quantitative estimate of drug-likeness (QED) is 0.389. The topological polar surface area (TPSA) is 105 Å². The molecule has 0 fully saturated rings. The molecule has 0 aliphatic rings. The number of carbonyl (C=O) groups is 1. The monoisotopic (exact) mass is 422 g/mol. The van der Waals surface area contributed by atoms with Crippen LogP contribution >= 0.6 is 0 Å². The van der Waals surface area contributed by atoms with Gasteiger partial charge in [0.05, 0.1) is 6.20 Å². The van der Waals surface area contributed by atoms with Gasteiger partial charge in [-0.2, -0.15) is 4.98 Å². The summed E-state index contributed by atoms with van der Waals surface area (Å²) in [6, 6.07) is 30.3. The van der Waals surface area contributed by atoms with Gasteiger partial charge in [-0.25, -0.2) is 9.78 Å². The third-order valence-corrected chi connectivity index (χ3v) is 5.40. The molecule has 0 bridgehead atoms. The number of aromatic amines is 1. The van der Waals surface area contributed by atoms with Crippen molar-refractivity contribution in [1.82, 2.24) is 20.1 Å². The van der Waals surface area contributed by atoms with Gasteiger partial charge in [-0.1, -0.05) is 96.2 Å². The fraction of sp³-hybridized carbons (Fsp3) is 0.0400. The number of carboxylic acid groups (broad SMARTS) is 1. The average Bonchev–Trinajstić information content (AvgIpc) is 3.52. The lowest BCUT2D eigenvalue weighted by atomic mass is 9.69. The van der Waals surface area contributed by atoms with Crippen LogP contribution in [0.25, 0.3) is 11.5 Å². The second kappa shape index (κ2) is 7.96. The number of rotatable bonds is 6. The molecule has 2 aromatic heterocycles. The number of hydrogen-bond acceptors (Lipinski definition) is 5. The minimum absolute atomic E-state index is 0.129. The zero-order valence-electron chi connectivity index (χ0n) is 16.8. The highest BCUT2D eigenvalue weighted by Crippen LogP contribution is 2.43. The van der Waals surface area contributed by atoms with E-state index >= 15 is 0 Å². The van der Waals surface area contributed by atoms with Crippen molar-refractivity contribution < 1.29 is 14.4 Å². The second-order valence-electron chi connectivity index (χ2n) is 7.22. The Hall–Kier alpha value is -4.52. The lowest BCUT2D eigenvalue weighted by Gasteiger charge is -2.34. The second-order valence-corrected chi connectivity index (χ2v) is 7.22. The summed E-state index contributed by atoms with van der Waals surface area (Å²) in [5, 5.41) is 12.9. The number of imidazole rings is 1. The van der Waals surface area contributed by atoms with Crippen LogP contribution in [0.15, 0.2) is 102 Å². The average molecular weight is 422 g/mol. The number of nitrogens with zero attached hydrogens (tertiary/aromatic N) is 3. The summed E-state index contributed by atoms with van der Waals surface area (Å²) in [4.78, 5) is 23.1. The van der Waals surface area contributed by atoms with Gasteiger partial charge in [0, 0.05) is 0 Å². The lowest BCUT2D eigenvalue weighted by molar-refractivity contribution is 0.0643. The largest absolute Gasteiger partial charge is 0.474 e. The fourth-order valence-corrected chi connectivity index (χ4v) is 4.02. The number of hydrogen-bond donors (Lipinski definition) is 2. The van der Waals surface area contributed by atoms with E-state index in [1.165, 1.54) is 0 Å². The number of benzene rings is 3. The molecule has 7 nitrogen and oxygen atoms in total. The maximum atomic E-state index is 11.1. The highest BCUT2D eigenvalue weighted by atomic mass is 16.5. The molecule has 32 heavy (non-hydrogen) atoms. The predicted molar refractivity (Wildman–Crippen MR) is 117 cm³/mol. The van der Waals surface area contributed by atoms with Crippen LogP contribution in [0.3, 0.4) is 0 Å². The van der Waals surface area contributed by atoms with Crippen molar-refractivity contribution in [2.24, 2.45) is 0 Å². The Balaban J connectivity index is 1.77. The van der Waals surface area contributed by atoms with Crippen LogP contribution in [0.4, 0.5) is 0 Å². The molecule has 0 saturated heterocycles. The smallest absolute Gasteiger partial charge is 0.394 e. The molecule has 2 N–H and O–H groups in total. The summed E-state index contributed by atoms with van der Waals surface area (Å²) in [6.45, 7) is 0. The molecule has 0 aliphatic carbocycles. The molecule has 0 amide bonds. The molecule has 0 saturated carbocycles. The van der Waals surface area contributed by atoms with Crippen LogP contribution in [0.2, 0.25) is 0 Å². The summed E-state index contributed by atoms with van der Waals surface area (Å²) < 4.78 is 4.82. The van der Waals surface area contributed by atoms with Gasteiger partial charge in [0.2, 0.25) is 5.82 Å². The summed E-state index contributed by atoms with van der Waals surface area (Å²) in [5.41, 5.74) is 2.79. The van der Waals surface area contributed by atoms with Crippen LogP contribution < -0.4 is 0 Å². The first-order valence-electron chi connectivity index (χ1n) is 9.99. The summed E-state index contributed by atoms with van der Waals surface area (Å²) in [6.07, 6.45) is 1.59. The van der Waals surface area contributed by atoms with Crippen LogP contribution in [0, 0.1) is 0 Å². The Morgan fingerprint density at radius 3 is 1.75 bits per heavy atom. The molecule has 0 aliphatic heterocycles. The zero-order valence-corrected chi connectivity index (χ0v) is 16.8. The van der Waals surface area contributed by atoms with Gasteiger partial charge in [-0.15, -0.1) is 0 Å². The summed E-state index contributed by atoms with van der Waals surface area (Å²) in [7, 11) is 0. The van der Waals surface area contributed by atoms with E-state index in [1.807, 2.05) is 54.6 Å². The van der Waals surface area contributed by atoms with E-state index in [0.717, 1.165) is 16.7 Å². The van der Waals surface area contributed by atoms with E-state index in [2.05, 4.69) is 51.5 Å². The van der Waals surface area contributed by atoms with Crippen molar-refractivity contribution in [3.05, 3.63) is 126 Å². The number of aromatic carboxylic acids is 1. The predicted octanol–water partition coefficient (Wildman–Crippen LogP) is 4.54. The first kappa shape index (κ1) is 19.4. The molecule has 0 spiro atoms. The van der Waals surface area contributed by atoms with E-state index in [9.17, 15) is 4.79 Å². The lowest BCUT2D eigenvalue weighted by Crippen LogP contribution is -2.32. The van der Waals surface area contributed by atoms with Crippen molar-refractivity contribution >= 4 is 5.97 Å². The van der Waals surface area contributed by atoms with Crippen LogP contribution in [-0.4, -0.2) is 31.2 Å². The molecule has 7 heteroatoms. The molecular formula is C25H18N4O3. The van der Waals surface area contributed by atoms with Crippen LogP contribution in [0.5, 0.6) is 0 Å². The van der Waals surface area contributed by atoms with Crippen molar-refractivity contribution in [3.63, 3.8) is 0 Å². The van der Waals surface area contributed by atoms with Crippen molar-refractivity contribution in [2.45, 2.75) is 5.41 Å². The molecule has 0 radical (unpaired) electrons. The number of H-pyrrole nitrogens is 1. The number of carboxylic acids is 1. The van der Waals surface area contributed by atoms with Gasteiger partial charge in [0.25, 0.3) is 0 Å². The normalized spacial score (nSPS) is 11.4. The molecule has 0 unspecified atom stereocenters. The molecular weight excluding hydrogens is 404 g/mol. The third kappa shape index (κ3) is 3.16. The van der Waals surface area contributed by atoms with Gasteiger partial charge < -0.3 is 14.6 Å². The minimum Gasteiger partial charge on any atom is -0.474 e. The first-order chi connectivity index (χ1) is 15.7. The molecule has 3 aromatic carbocycles. The molecule has 156 valence electrons. The van der Waals surface area contributed by atoms with Gasteiger partial charge in [-0.3, -0.25) is 0 Å². The maximum Gasteiger partial charge on any atom is 0.394 e. The van der Waals surface area contributed by atoms with Crippen molar-refractivity contribution in [2.75, 3.05) is 0 Å². The number of nitrogens with one attached hydrogen (secondary N) is 1. The Morgan fingerprint density at radius 1 is 0.812 bits per heavy atom. The van der Waals surface area contributed by atoms with Crippen molar-refractivity contribution in [3.8, 4) is 11.5 Å². The highest BCUT2D eigenvalue weighted by Gasteiger charge is 2.41. The minimum atomic E-state index is -1.28. The summed E-state index contributed by atoms with van der Waals surface area (Å²) >= 11 is 0. The molecule has 5 rings (SSSR count). The van der Waals surface area contributed by atoms with Gasteiger partial charge in [-0.05, 0) is 16.7 Å². The van der Waals surface area contributed by atoms with Gasteiger partial charge in [0.1, 0.15) is 16.9 Å². The third-order valence-electron chi connectivity index (χ3n) is 5.40.